The number of carbonyl (C=O) groups is 2. The van der Waals surface area contributed by atoms with E-state index in [4.69, 9.17) is 5.73 Å². The Morgan fingerprint density at radius 3 is 2.33 bits per heavy atom. The molecular formula is C24H31N3O2S. The quantitative estimate of drug-likeness (QED) is 0.779. The Hall–Kier alpha value is -2.18. The molecule has 1 aromatic heterocycles. The fourth-order valence-electron chi connectivity index (χ4n) is 4.72. The summed E-state index contributed by atoms with van der Waals surface area (Å²) < 4.78 is 0. The average Bonchev–Trinajstić information content (AvgIpc) is 3.08. The van der Waals surface area contributed by atoms with Crippen LogP contribution in [-0.2, 0) is 6.54 Å². The zero-order chi connectivity index (χ0) is 20.9. The molecular weight excluding hydrogens is 394 g/mol. The van der Waals surface area contributed by atoms with Gasteiger partial charge in [0.15, 0.2) is 0 Å². The maximum Gasteiger partial charge on any atom is 0.263 e. The summed E-state index contributed by atoms with van der Waals surface area (Å²) >= 11 is 1.64. The standard InChI is InChI=1S/C24H31N3O2S/c25-23(28)21-8-4-3-7-20(21)18-11-15-27(16-12-18)24(29)22-10-9-19(30-22)17-26-13-5-1-2-6-14-26/h3-4,7-10,18H,1-2,5-6,11-17H2,(H2,25,28). The number of likely N-dealkylation sites (tertiary alicyclic amines) is 2. The highest BCUT2D eigenvalue weighted by atomic mass is 32.1. The van der Waals surface area contributed by atoms with Crippen LogP contribution in [0.1, 0.15) is 74.9 Å². The number of rotatable bonds is 5. The molecule has 2 aliphatic heterocycles. The zero-order valence-corrected chi connectivity index (χ0v) is 18.3. The molecule has 5 nitrogen and oxygen atoms in total. The number of hydrogen-bond donors (Lipinski definition) is 1. The van der Waals surface area contributed by atoms with Crippen LogP contribution in [0.4, 0.5) is 0 Å². The molecule has 2 N–H and O–H groups in total. The van der Waals surface area contributed by atoms with Gasteiger partial charge in [-0.25, -0.2) is 0 Å². The van der Waals surface area contributed by atoms with Gasteiger partial charge in [0.25, 0.3) is 5.91 Å². The van der Waals surface area contributed by atoms with Crippen molar-refractivity contribution < 1.29 is 9.59 Å². The van der Waals surface area contributed by atoms with E-state index >= 15 is 0 Å². The molecule has 2 fully saturated rings. The molecule has 2 aliphatic rings. The van der Waals surface area contributed by atoms with Gasteiger partial charge in [0.2, 0.25) is 5.91 Å². The minimum Gasteiger partial charge on any atom is -0.366 e. The second-order valence-electron chi connectivity index (χ2n) is 8.47. The summed E-state index contributed by atoms with van der Waals surface area (Å²) in [4.78, 5) is 31.4. The van der Waals surface area contributed by atoms with Gasteiger partial charge in [0, 0.05) is 30.1 Å². The largest absolute Gasteiger partial charge is 0.366 e. The molecule has 3 heterocycles. The molecule has 4 rings (SSSR count). The first-order valence-electron chi connectivity index (χ1n) is 11.1. The van der Waals surface area contributed by atoms with Crippen molar-refractivity contribution in [2.24, 2.45) is 5.73 Å². The first-order valence-corrected chi connectivity index (χ1v) is 11.9. The summed E-state index contributed by atoms with van der Waals surface area (Å²) in [5.41, 5.74) is 7.18. The van der Waals surface area contributed by atoms with Crippen LogP contribution in [0, 0.1) is 0 Å². The maximum atomic E-state index is 13.0. The third-order valence-electron chi connectivity index (χ3n) is 6.40. The Morgan fingerprint density at radius 1 is 0.933 bits per heavy atom. The minimum atomic E-state index is -0.375. The Labute approximate surface area is 182 Å². The number of thiophene rings is 1. The molecule has 6 heteroatoms. The zero-order valence-electron chi connectivity index (χ0n) is 17.5. The summed E-state index contributed by atoms with van der Waals surface area (Å²) in [6, 6.07) is 11.7. The molecule has 0 bridgehead atoms. The lowest BCUT2D eigenvalue weighted by molar-refractivity contribution is 0.0716. The summed E-state index contributed by atoms with van der Waals surface area (Å²) in [6.45, 7) is 4.73. The lowest BCUT2D eigenvalue weighted by atomic mass is 9.86. The predicted molar refractivity (Wildman–Crippen MR) is 121 cm³/mol. The Bertz CT molecular complexity index is 878. The van der Waals surface area contributed by atoms with Crippen molar-refractivity contribution in [1.82, 2.24) is 9.80 Å². The lowest BCUT2D eigenvalue weighted by Gasteiger charge is -2.32. The molecule has 0 spiro atoms. The van der Waals surface area contributed by atoms with E-state index in [9.17, 15) is 9.59 Å². The van der Waals surface area contributed by atoms with Crippen molar-refractivity contribution in [3.05, 3.63) is 57.3 Å². The number of nitrogens with zero attached hydrogens (tertiary/aromatic N) is 2. The van der Waals surface area contributed by atoms with Crippen LogP contribution in [0.25, 0.3) is 0 Å². The molecule has 30 heavy (non-hydrogen) atoms. The van der Waals surface area contributed by atoms with Crippen molar-refractivity contribution in [2.75, 3.05) is 26.2 Å². The van der Waals surface area contributed by atoms with E-state index in [2.05, 4.69) is 11.0 Å². The number of primary amides is 1. The second-order valence-corrected chi connectivity index (χ2v) is 9.64. The average molecular weight is 426 g/mol. The van der Waals surface area contributed by atoms with Gasteiger partial charge < -0.3 is 10.6 Å². The predicted octanol–water partition coefficient (Wildman–Crippen LogP) is 4.24. The van der Waals surface area contributed by atoms with Crippen molar-refractivity contribution in [3.63, 3.8) is 0 Å². The fourth-order valence-corrected chi connectivity index (χ4v) is 5.74. The second kappa shape index (κ2) is 9.75. The third kappa shape index (κ3) is 4.93. The van der Waals surface area contributed by atoms with Gasteiger partial charge in [-0.15, -0.1) is 11.3 Å². The van der Waals surface area contributed by atoms with E-state index in [-0.39, 0.29) is 17.7 Å². The van der Waals surface area contributed by atoms with Crippen LogP contribution >= 0.6 is 11.3 Å². The Kier molecular flexibility index (Phi) is 6.85. The van der Waals surface area contributed by atoms with Gasteiger partial charge in [-0.1, -0.05) is 31.0 Å². The van der Waals surface area contributed by atoms with Crippen LogP contribution in [0.2, 0.25) is 0 Å². The van der Waals surface area contributed by atoms with E-state index in [1.54, 1.807) is 17.4 Å². The van der Waals surface area contributed by atoms with Crippen LogP contribution in [-0.4, -0.2) is 47.8 Å². The first-order chi connectivity index (χ1) is 14.6. The Balaban J connectivity index is 1.35. The fraction of sp³-hybridized carbons (Fsp3) is 0.500. The molecule has 0 radical (unpaired) electrons. The van der Waals surface area contributed by atoms with Crippen LogP contribution in [0.5, 0.6) is 0 Å². The number of hydrogen-bond acceptors (Lipinski definition) is 4. The monoisotopic (exact) mass is 425 g/mol. The molecule has 2 amide bonds. The molecule has 0 aliphatic carbocycles. The van der Waals surface area contributed by atoms with Crippen molar-refractivity contribution in [2.45, 2.75) is 51.0 Å². The van der Waals surface area contributed by atoms with Gasteiger partial charge in [0.1, 0.15) is 0 Å². The molecule has 1 aromatic carbocycles. The number of amides is 2. The molecule has 160 valence electrons. The van der Waals surface area contributed by atoms with E-state index in [1.807, 2.05) is 29.2 Å². The van der Waals surface area contributed by atoms with E-state index < -0.39 is 0 Å². The number of carbonyl (C=O) groups excluding carboxylic acids is 2. The number of nitrogens with two attached hydrogens (primary N) is 1. The van der Waals surface area contributed by atoms with Crippen molar-refractivity contribution in [3.8, 4) is 0 Å². The summed E-state index contributed by atoms with van der Waals surface area (Å²) in [5, 5.41) is 0. The van der Waals surface area contributed by atoms with Crippen LogP contribution in [0.15, 0.2) is 36.4 Å². The molecule has 2 aromatic rings. The maximum absolute atomic E-state index is 13.0. The van der Waals surface area contributed by atoms with Gasteiger partial charge >= 0.3 is 0 Å². The topological polar surface area (TPSA) is 66.6 Å². The lowest BCUT2D eigenvalue weighted by Crippen LogP contribution is -2.37. The van der Waals surface area contributed by atoms with Gasteiger partial charge in [-0.2, -0.15) is 0 Å². The summed E-state index contributed by atoms with van der Waals surface area (Å²) in [7, 11) is 0. The van der Waals surface area contributed by atoms with E-state index in [0.29, 0.717) is 5.56 Å². The molecule has 0 unspecified atom stereocenters. The van der Waals surface area contributed by atoms with Gasteiger partial charge in [-0.05, 0) is 68.5 Å². The van der Waals surface area contributed by atoms with E-state index in [0.717, 1.165) is 42.9 Å². The smallest absolute Gasteiger partial charge is 0.263 e. The van der Waals surface area contributed by atoms with Crippen LogP contribution < -0.4 is 5.73 Å². The first kappa shape index (κ1) is 21.1. The van der Waals surface area contributed by atoms with Gasteiger partial charge in [-0.3, -0.25) is 14.5 Å². The molecule has 0 atom stereocenters. The summed E-state index contributed by atoms with van der Waals surface area (Å²) in [5.74, 6) is 0.0445. The van der Waals surface area contributed by atoms with Crippen molar-refractivity contribution >= 4 is 23.2 Å². The molecule has 0 saturated carbocycles. The third-order valence-corrected chi connectivity index (χ3v) is 7.46. The van der Waals surface area contributed by atoms with Crippen molar-refractivity contribution in [1.29, 1.82) is 0 Å². The number of piperidine rings is 1. The van der Waals surface area contributed by atoms with Gasteiger partial charge in [0.05, 0.1) is 4.88 Å². The SMILES string of the molecule is NC(=O)c1ccccc1C1CCN(C(=O)c2ccc(CN3CCCCCC3)s2)CC1. The van der Waals surface area contributed by atoms with E-state index in [1.165, 1.54) is 43.6 Å². The van der Waals surface area contributed by atoms with Crippen LogP contribution in [0.3, 0.4) is 0 Å². The number of benzene rings is 1. The summed E-state index contributed by atoms with van der Waals surface area (Å²) in [6.07, 6.45) is 6.97. The molecule has 2 saturated heterocycles. The highest BCUT2D eigenvalue weighted by Gasteiger charge is 2.27. The minimum absolute atomic E-state index is 0.142. The normalized spacial score (nSPS) is 18.9. The Morgan fingerprint density at radius 2 is 1.63 bits per heavy atom. The highest BCUT2D eigenvalue weighted by Crippen LogP contribution is 2.31. The highest BCUT2D eigenvalue weighted by molar-refractivity contribution is 7.14.